The Bertz CT molecular complexity index is 1280. The summed E-state index contributed by atoms with van der Waals surface area (Å²) in [5.74, 6) is 1.46. The van der Waals surface area contributed by atoms with Crippen molar-refractivity contribution in [2.24, 2.45) is 0 Å². The normalized spacial score (nSPS) is 11.1. The smallest absolute Gasteiger partial charge is 0.236 e. The molecule has 0 spiro atoms. The Morgan fingerprint density at radius 1 is 1.13 bits per heavy atom. The lowest BCUT2D eigenvalue weighted by molar-refractivity contribution is -0.113. The number of fused-ring (bicyclic) bond motifs is 1. The zero-order valence-electron chi connectivity index (χ0n) is 16.1. The second-order valence-corrected chi connectivity index (χ2v) is 8.51. The summed E-state index contributed by atoms with van der Waals surface area (Å²) >= 11 is 2.76. The van der Waals surface area contributed by atoms with Crippen LogP contribution in [0.5, 0.6) is 0 Å². The van der Waals surface area contributed by atoms with Crippen LogP contribution < -0.4 is 5.32 Å². The Morgan fingerprint density at radius 2 is 2.06 bits per heavy atom. The zero-order chi connectivity index (χ0) is 21.0. The SMILES string of the molecule is O=C(CSc1nnc(-c2cccnc2)n1Cc1ccco1)Nc1nc2ccccc2s1. The number of furan rings is 1. The second kappa shape index (κ2) is 8.70. The van der Waals surface area contributed by atoms with E-state index in [1.165, 1.54) is 23.1 Å². The van der Waals surface area contributed by atoms with Gasteiger partial charge >= 0.3 is 0 Å². The van der Waals surface area contributed by atoms with Crippen LogP contribution in [0, 0.1) is 0 Å². The van der Waals surface area contributed by atoms with Crippen LogP contribution >= 0.6 is 23.1 Å². The van der Waals surface area contributed by atoms with Crippen molar-refractivity contribution in [1.82, 2.24) is 24.7 Å². The number of aromatic nitrogens is 5. The van der Waals surface area contributed by atoms with Crippen molar-refractivity contribution >= 4 is 44.4 Å². The molecule has 0 unspecified atom stereocenters. The predicted molar refractivity (Wildman–Crippen MR) is 120 cm³/mol. The maximum atomic E-state index is 12.5. The van der Waals surface area contributed by atoms with Gasteiger partial charge in [-0.25, -0.2) is 4.98 Å². The van der Waals surface area contributed by atoms with Crippen LogP contribution in [0.3, 0.4) is 0 Å². The fourth-order valence-corrected chi connectivity index (χ4v) is 4.64. The summed E-state index contributed by atoms with van der Waals surface area (Å²) in [6.45, 7) is 0.450. The fourth-order valence-electron chi connectivity index (χ4n) is 3.02. The largest absolute Gasteiger partial charge is 0.467 e. The van der Waals surface area contributed by atoms with Crippen molar-refractivity contribution in [3.63, 3.8) is 0 Å². The molecule has 154 valence electrons. The average Bonchev–Trinajstić information content (AvgIpc) is 3.53. The van der Waals surface area contributed by atoms with E-state index < -0.39 is 0 Å². The Labute approximate surface area is 185 Å². The molecule has 1 amide bonds. The summed E-state index contributed by atoms with van der Waals surface area (Å²) < 4.78 is 8.45. The summed E-state index contributed by atoms with van der Waals surface area (Å²) in [6.07, 6.45) is 5.07. The summed E-state index contributed by atoms with van der Waals surface area (Å²) in [5, 5.41) is 12.7. The molecule has 5 rings (SSSR count). The first-order valence-corrected chi connectivity index (χ1v) is 11.2. The maximum Gasteiger partial charge on any atom is 0.236 e. The summed E-state index contributed by atoms with van der Waals surface area (Å²) in [5.41, 5.74) is 1.71. The van der Waals surface area contributed by atoms with Crippen molar-refractivity contribution < 1.29 is 9.21 Å². The summed E-state index contributed by atoms with van der Waals surface area (Å²) in [4.78, 5) is 21.1. The first kappa shape index (κ1) is 19.5. The van der Waals surface area contributed by atoms with E-state index in [2.05, 4.69) is 25.5 Å². The number of thiazole rings is 1. The number of anilines is 1. The van der Waals surface area contributed by atoms with Crippen molar-refractivity contribution in [2.75, 3.05) is 11.1 Å². The molecule has 1 N–H and O–H groups in total. The molecule has 0 saturated heterocycles. The minimum atomic E-state index is -0.153. The molecular formula is C21H16N6O2S2. The standard InChI is InChI=1S/C21H16N6O2S2/c28-18(24-20-23-16-7-1-2-8-17(16)31-20)13-30-21-26-25-19(14-5-3-9-22-11-14)27(21)12-15-6-4-10-29-15/h1-11H,12-13H2,(H,23,24,28). The fraction of sp³-hybridized carbons (Fsp3) is 0.0952. The van der Waals surface area contributed by atoms with E-state index in [0.717, 1.165) is 21.5 Å². The van der Waals surface area contributed by atoms with Crippen LogP contribution in [0.1, 0.15) is 5.76 Å². The number of amides is 1. The molecule has 0 radical (unpaired) electrons. The molecule has 0 aliphatic heterocycles. The Hall–Kier alpha value is -3.50. The molecule has 31 heavy (non-hydrogen) atoms. The number of nitrogens with one attached hydrogen (secondary N) is 1. The monoisotopic (exact) mass is 448 g/mol. The number of benzene rings is 1. The molecular weight excluding hydrogens is 432 g/mol. The zero-order valence-corrected chi connectivity index (χ0v) is 17.8. The second-order valence-electron chi connectivity index (χ2n) is 6.54. The van der Waals surface area contributed by atoms with Gasteiger partial charge in [0.05, 0.1) is 28.8 Å². The van der Waals surface area contributed by atoms with Gasteiger partial charge < -0.3 is 9.73 Å². The van der Waals surface area contributed by atoms with Gasteiger partial charge in [0.15, 0.2) is 16.1 Å². The van der Waals surface area contributed by atoms with Gasteiger partial charge in [0.25, 0.3) is 0 Å². The highest BCUT2D eigenvalue weighted by Gasteiger charge is 2.17. The Balaban J connectivity index is 1.33. The third-order valence-electron chi connectivity index (χ3n) is 4.40. The first-order chi connectivity index (χ1) is 15.3. The molecule has 8 nitrogen and oxygen atoms in total. The lowest BCUT2D eigenvalue weighted by Crippen LogP contribution is -2.14. The number of para-hydroxylation sites is 1. The molecule has 4 aromatic heterocycles. The number of thioether (sulfide) groups is 1. The van der Waals surface area contributed by atoms with Crippen molar-refractivity contribution in [3.8, 4) is 11.4 Å². The van der Waals surface area contributed by atoms with Crippen LogP contribution in [-0.2, 0) is 11.3 Å². The van der Waals surface area contributed by atoms with E-state index in [1.54, 1.807) is 18.7 Å². The predicted octanol–water partition coefficient (Wildman–Crippen LogP) is 4.32. The van der Waals surface area contributed by atoms with Gasteiger partial charge in [0.1, 0.15) is 5.76 Å². The van der Waals surface area contributed by atoms with E-state index >= 15 is 0 Å². The number of carbonyl (C=O) groups excluding carboxylic acids is 1. The first-order valence-electron chi connectivity index (χ1n) is 9.40. The number of rotatable bonds is 7. The highest BCUT2D eigenvalue weighted by molar-refractivity contribution is 7.99. The van der Waals surface area contributed by atoms with Crippen LogP contribution in [0.15, 0.2) is 76.8 Å². The molecule has 0 saturated carbocycles. The number of nitrogens with zero attached hydrogens (tertiary/aromatic N) is 5. The maximum absolute atomic E-state index is 12.5. The summed E-state index contributed by atoms with van der Waals surface area (Å²) in [6, 6.07) is 15.3. The minimum absolute atomic E-state index is 0.153. The molecule has 4 heterocycles. The van der Waals surface area contributed by atoms with Crippen molar-refractivity contribution in [3.05, 3.63) is 72.9 Å². The molecule has 0 aliphatic carbocycles. The third kappa shape index (κ3) is 4.35. The van der Waals surface area contributed by atoms with E-state index in [4.69, 9.17) is 4.42 Å². The summed E-state index contributed by atoms with van der Waals surface area (Å²) in [7, 11) is 0. The van der Waals surface area contributed by atoms with Crippen LogP contribution in [0.4, 0.5) is 5.13 Å². The minimum Gasteiger partial charge on any atom is -0.467 e. The van der Waals surface area contributed by atoms with Crippen LogP contribution in [0.2, 0.25) is 0 Å². The highest BCUT2D eigenvalue weighted by Crippen LogP contribution is 2.27. The van der Waals surface area contributed by atoms with E-state index in [9.17, 15) is 4.79 Å². The molecule has 1 aromatic carbocycles. The highest BCUT2D eigenvalue weighted by atomic mass is 32.2. The molecule has 10 heteroatoms. The van der Waals surface area contributed by atoms with E-state index in [1.807, 2.05) is 53.1 Å². The van der Waals surface area contributed by atoms with Gasteiger partial charge in [-0.15, -0.1) is 10.2 Å². The number of pyridine rings is 1. The molecule has 0 fully saturated rings. The third-order valence-corrected chi connectivity index (χ3v) is 6.32. The number of hydrogen-bond donors (Lipinski definition) is 1. The van der Waals surface area contributed by atoms with Gasteiger partial charge in [-0.1, -0.05) is 35.2 Å². The van der Waals surface area contributed by atoms with Crippen LogP contribution in [0.25, 0.3) is 21.6 Å². The molecule has 0 bridgehead atoms. The van der Waals surface area contributed by atoms with Gasteiger partial charge in [-0.3, -0.25) is 14.3 Å². The topological polar surface area (TPSA) is 98.7 Å². The number of hydrogen-bond acceptors (Lipinski definition) is 8. The average molecular weight is 449 g/mol. The van der Waals surface area contributed by atoms with E-state index in [0.29, 0.717) is 22.7 Å². The van der Waals surface area contributed by atoms with Gasteiger partial charge in [-0.05, 0) is 36.4 Å². The Kier molecular flexibility index (Phi) is 5.46. The quantitative estimate of drug-likeness (QED) is 0.370. The lowest BCUT2D eigenvalue weighted by Gasteiger charge is -2.08. The molecule has 0 aliphatic rings. The van der Waals surface area contributed by atoms with E-state index in [-0.39, 0.29) is 11.7 Å². The van der Waals surface area contributed by atoms with Crippen molar-refractivity contribution in [2.45, 2.75) is 11.7 Å². The van der Waals surface area contributed by atoms with Crippen LogP contribution in [-0.4, -0.2) is 36.4 Å². The van der Waals surface area contributed by atoms with Gasteiger partial charge in [-0.2, -0.15) is 0 Å². The van der Waals surface area contributed by atoms with Gasteiger partial charge in [0.2, 0.25) is 5.91 Å². The lowest BCUT2D eigenvalue weighted by atomic mass is 10.2. The molecule has 0 atom stereocenters. The Morgan fingerprint density at radius 3 is 2.87 bits per heavy atom. The molecule has 5 aromatic rings. The number of carbonyl (C=O) groups is 1. The van der Waals surface area contributed by atoms with Gasteiger partial charge in [0, 0.05) is 18.0 Å². The van der Waals surface area contributed by atoms with Crippen molar-refractivity contribution in [1.29, 1.82) is 0 Å².